The molecule has 0 saturated carbocycles. The molecule has 120 valence electrons. The van der Waals surface area contributed by atoms with Gasteiger partial charge < -0.3 is 9.64 Å². The second kappa shape index (κ2) is 6.77. The number of carbonyl (C=O) groups is 1. The highest BCUT2D eigenvalue weighted by Gasteiger charge is 2.24. The average molecular weight is 311 g/mol. The van der Waals surface area contributed by atoms with Crippen molar-refractivity contribution in [2.24, 2.45) is 0 Å². The predicted molar refractivity (Wildman–Crippen MR) is 87.5 cm³/mol. The summed E-state index contributed by atoms with van der Waals surface area (Å²) < 4.78 is 5.85. The molecule has 1 aliphatic rings. The second-order valence-electron chi connectivity index (χ2n) is 5.99. The third kappa shape index (κ3) is 3.86. The van der Waals surface area contributed by atoms with Gasteiger partial charge in [-0.15, -0.1) is 5.10 Å². The van der Waals surface area contributed by atoms with Crippen LogP contribution in [0.25, 0.3) is 0 Å². The standard InChI is InChI=1S/C18H21N3O2/c1-13-3-6-15(7-4-13)18(22)21-11-9-16(10-12-21)23-17-8-5-14(2)19-20-17/h3-8,16H,9-12H2,1-2H3. The molecule has 1 amide bonds. The number of aromatic nitrogens is 2. The first-order valence-electron chi connectivity index (χ1n) is 7.95. The fourth-order valence-corrected chi connectivity index (χ4v) is 2.68. The van der Waals surface area contributed by atoms with Crippen LogP contribution in [-0.4, -0.2) is 40.2 Å². The van der Waals surface area contributed by atoms with Gasteiger partial charge in [-0.2, -0.15) is 5.10 Å². The number of aryl methyl sites for hydroxylation is 2. The van der Waals surface area contributed by atoms with Crippen LogP contribution in [0.15, 0.2) is 36.4 Å². The van der Waals surface area contributed by atoms with Crippen molar-refractivity contribution in [2.75, 3.05) is 13.1 Å². The largest absolute Gasteiger partial charge is 0.473 e. The van der Waals surface area contributed by atoms with E-state index in [2.05, 4.69) is 10.2 Å². The molecule has 23 heavy (non-hydrogen) atoms. The summed E-state index contributed by atoms with van der Waals surface area (Å²) in [5.74, 6) is 0.650. The molecule has 0 bridgehead atoms. The number of ether oxygens (including phenoxy) is 1. The van der Waals surface area contributed by atoms with E-state index >= 15 is 0 Å². The molecule has 1 saturated heterocycles. The van der Waals surface area contributed by atoms with Gasteiger partial charge in [-0.05, 0) is 32.0 Å². The summed E-state index contributed by atoms with van der Waals surface area (Å²) in [6.45, 7) is 5.32. The van der Waals surface area contributed by atoms with Gasteiger partial charge in [0.1, 0.15) is 6.10 Å². The van der Waals surface area contributed by atoms with Crippen LogP contribution < -0.4 is 4.74 Å². The van der Waals surface area contributed by atoms with E-state index in [0.29, 0.717) is 19.0 Å². The minimum atomic E-state index is 0.0917. The normalized spacial score (nSPS) is 15.5. The third-order valence-corrected chi connectivity index (χ3v) is 4.09. The molecule has 1 aliphatic heterocycles. The van der Waals surface area contributed by atoms with Crippen LogP contribution in [0.5, 0.6) is 5.88 Å². The van der Waals surface area contributed by atoms with Crippen LogP contribution in [0.3, 0.4) is 0 Å². The molecule has 1 aromatic carbocycles. The Bertz CT molecular complexity index is 660. The van der Waals surface area contributed by atoms with Crippen molar-refractivity contribution in [3.05, 3.63) is 53.2 Å². The lowest BCUT2D eigenvalue weighted by Crippen LogP contribution is -2.41. The van der Waals surface area contributed by atoms with E-state index in [4.69, 9.17) is 4.74 Å². The monoisotopic (exact) mass is 311 g/mol. The van der Waals surface area contributed by atoms with E-state index in [-0.39, 0.29) is 12.0 Å². The molecule has 2 aromatic rings. The number of hydrogen-bond donors (Lipinski definition) is 0. The topological polar surface area (TPSA) is 55.3 Å². The molecular weight excluding hydrogens is 290 g/mol. The van der Waals surface area contributed by atoms with Gasteiger partial charge in [0.25, 0.3) is 5.91 Å². The molecule has 5 nitrogen and oxygen atoms in total. The van der Waals surface area contributed by atoms with Gasteiger partial charge in [-0.1, -0.05) is 17.7 Å². The predicted octanol–water partition coefficient (Wildman–Crippen LogP) is 2.78. The van der Waals surface area contributed by atoms with E-state index in [9.17, 15) is 4.79 Å². The Hall–Kier alpha value is -2.43. The molecule has 0 aliphatic carbocycles. The van der Waals surface area contributed by atoms with E-state index < -0.39 is 0 Å². The Morgan fingerprint density at radius 1 is 1.04 bits per heavy atom. The quantitative estimate of drug-likeness (QED) is 0.874. The lowest BCUT2D eigenvalue weighted by atomic mass is 10.1. The Labute approximate surface area is 136 Å². The van der Waals surface area contributed by atoms with Crippen LogP contribution in [0.1, 0.15) is 34.5 Å². The fourth-order valence-electron chi connectivity index (χ4n) is 2.68. The fraction of sp³-hybridized carbons (Fsp3) is 0.389. The average Bonchev–Trinajstić information content (AvgIpc) is 2.58. The molecule has 1 aromatic heterocycles. The van der Waals surface area contributed by atoms with Crippen LogP contribution in [-0.2, 0) is 0 Å². The molecule has 3 rings (SSSR count). The van der Waals surface area contributed by atoms with E-state index in [1.807, 2.05) is 55.1 Å². The first-order chi connectivity index (χ1) is 11.1. The Kier molecular flexibility index (Phi) is 4.55. The van der Waals surface area contributed by atoms with Gasteiger partial charge in [0.15, 0.2) is 0 Å². The van der Waals surface area contributed by atoms with Gasteiger partial charge in [0.2, 0.25) is 5.88 Å². The molecule has 0 radical (unpaired) electrons. The van der Waals surface area contributed by atoms with E-state index in [0.717, 1.165) is 29.7 Å². The summed E-state index contributed by atoms with van der Waals surface area (Å²) in [6, 6.07) is 11.5. The third-order valence-electron chi connectivity index (χ3n) is 4.09. The highest BCUT2D eigenvalue weighted by molar-refractivity contribution is 5.94. The first-order valence-corrected chi connectivity index (χ1v) is 7.95. The molecule has 1 fully saturated rings. The Balaban J connectivity index is 1.54. The van der Waals surface area contributed by atoms with Crippen molar-refractivity contribution >= 4 is 5.91 Å². The lowest BCUT2D eigenvalue weighted by molar-refractivity contribution is 0.0586. The Morgan fingerprint density at radius 3 is 2.35 bits per heavy atom. The number of piperidine rings is 1. The number of nitrogens with zero attached hydrogens (tertiary/aromatic N) is 3. The van der Waals surface area contributed by atoms with Crippen LogP contribution >= 0.6 is 0 Å². The summed E-state index contributed by atoms with van der Waals surface area (Å²) in [6.07, 6.45) is 1.72. The first kappa shape index (κ1) is 15.5. The van der Waals surface area contributed by atoms with Gasteiger partial charge in [0, 0.05) is 37.6 Å². The van der Waals surface area contributed by atoms with E-state index in [1.54, 1.807) is 0 Å². The van der Waals surface area contributed by atoms with Crippen molar-refractivity contribution in [1.82, 2.24) is 15.1 Å². The van der Waals surface area contributed by atoms with Crippen molar-refractivity contribution in [1.29, 1.82) is 0 Å². The minimum absolute atomic E-state index is 0.0917. The maximum atomic E-state index is 12.5. The lowest BCUT2D eigenvalue weighted by Gasteiger charge is -2.32. The zero-order valence-corrected chi connectivity index (χ0v) is 13.5. The highest BCUT2D eigenvalue weighted by atomic mass is 16.5. The molecule has 0 atom stereocenters. The van der Waals surface area contributed by atoms with Crippen molar-refractivity contribution in [3.63, 3.8) is 0 Å². The van der Waals surface area contributed by atoms with Gasteiger partial charge in [-0.3, -0.25) is 4.79 Å². The smallest absolute Gasteiger partial charge is 0.253 e. The number of rotatable bonds is 3. The van der Waals surface area contributed by atoms with Crippen LogP contribution in [0.4, 0.5) is 0 Å². The highest BCUT2D eigenvalue weighted by Crippen LogP contribution is 2.18. The second-order valence-corrected chi connectivity index (χ2v) is 5.99. The number of likely N-dealkylation sites (tertiary alicyclic amines) is 1. The zero-order chi connectivity index (χ0) is 16.2. The molecule has 5 heteroatoms. The Morgan fingerprint density at radius 2 is 1.74 bits per heavy atom. The van der Waals surface area contributed by atoms with E-state index in [1.165, 1.54) is 0 Å². The van der Waals surface area contributed by atoms with Crippen LogP contribution in [0.2, 0.25) is 0 Å². The van der Waals surface area contributed by atoms with Gasteiger partial charge >= 0.3 is 0 Å². The number of amides is 1. The maximum absolute atomic E-state index is 12.5. The summed E-state index contributed by atoms with van der Waals surface area (Å²) in [5.41, 5.74) is 2.78. The van der Waals surface area contributed by atoms with Crippen molar-refractivity contribution in [2.45, 2.75) is 32.8 Å². The molecular formula is C18H21N3O2. The molecule has 2 heterocycles. The van der Waals surface area contributed by atoms with Crippen molar-refractivity contribution in [3.8, 4) is 5.88 Å². The SMILES string of the molecule is Cc1ccc(C(=O)N2CCC(Oc3ccc(C)nn3)CC2)cc1. The number of benzene rings is 1. The maximum Gasteiger partial charge on any atom is 0.253 e. The number of hydrogen-bond acceptors (Lipinski definition) is 4. The zero-order valence-electron chi connectivity index (χ0n) is 13.5. The molecule has 0 N–H and O–H groups in total. The molecule has 0 unspecified atom stereocenters. The summed E-state index contributed by atoms with van der Waals surface area (Å²) in [5, 5.41) is 8.02. The van der Waals surface area contributed by atoms with Gasteiger partial charge in [-0.25, -0.2) is 0 Å². The van der Waals surface area contributed by atoms with Crippen molar-refractivity contribution < 1.29 is 9.53 Å². The summed E-state index contributed by atoms with van der Waals surface area (Å²) >= 11 is 0. The summed E-state index contributed by atoms with van der Waals surface area (Å²) in [7, 11) is 0. The summed E-state index contributed by atoms with van der Waals surface area (Å²) in [4.78, 5) is 14.4. The molecule has 0 spiro atoms. The van der Waals surface area contributed by atoms with Gasteiger partial charge in [0.05, 0.1) is 5.69 Å². The van der Waals surface area contributed by atoms with Crippen LogP contribution in [0, 0.1) is 13.8 Å². The number of carbonyl (C=O) groups excluding carboxylic acids is 1. The minimum Gasteiger partial charge on any atom is -0.473 e.